The normalized spacial score (nSPS) is 12.5. The second-order valence-corrected chi connectivity index (χ2v) is 13.8. The zero-order valence-corrected chi connectivity index (χ0v) is 32.4. The zero-order valence-electron chi connectivity index (χ0n) is 32.4. The molecule has 0 aliphatic rings. The number of nitrogens with two attached hydrogens (primary N) is 5. The molecule has 0 aliphatic carbocycles. The van der Waals surface area contributed by atoms with Crippen LogP contribution in [0.5, 0.6) is 0 Å². The van der Waals surface area contributed by atoms with Gasteiger partial charge in [-0.2, -0.15) is 0 Å². The molecule has 3 unspecified atom stereocenters. The maximum absolute atomic E-state index is 13.6. The molecule has 3 atom stereocenters. The lowest BCUT2D eigenvalue weighted by Gasteiger charge is -2.22. The summed E-state index contributed by atoms with van der Waals surface area (Å²) in [6, 6.07) is 33.8. The topological polar surface area (TPSA) is 242 Å². The van der Waals surface area contributed by atoms with Gasteiger partial charge in [0.1, 0.15) is 6.04 Å². The van der Waals surface area contributed by atoms with Gasteiger partial charge in [-0.15, -0.1) is 0 Å². The molecule has 0 bridgehead atoms. The van der Waals surface area contributed by atoms with Gasteiger partial charge in [-0.3, -0.25) is 24.4 Å². The summed E-state index contributed by atoms with van der Waals surface area (Å²) in [7, 11) is 0. The van der Waals surface area contributed by atoms with E-state index in [0.29, 0.717) is 58.2 Å². The Hall–Kier alpha value is -6.47. The van der Waals surface area contributed by atoms with Gasteiger partial charge in [0.25, 0.3) is 0 Å². The van der Waals surface area contributed by atoms with Gasteiger partial charge in [-0.05, 0) is 71.9 Å². The fourth-order valence-corrected chi connectivity index (χ4v) is 6.08. The first-order valence-electron chi connectivity index (χ1n) is 19.3. The van der Waals surface area contributed by atoms with E-state index in [1.165, 1.54) is 0 Å². The van der Waals surface area contributed by atoms with Gasteiger partial charge in [-0.1, -0.05) is 121 Å². The van der Waals surface area contributed by atoms with Crippen molar-refractivity contribution in [2.75, 3.05) is 19.6 Å². The third-order valence-corrected chi connectivity index (χ3v) is 9.20. The van der Waals surface area contributed by atoms with Crippen molar-refractivity contribution in [1.82, 2.24) is 16.0 Å². The summed E-state index contributed by atoms with van der Waals surface area (Å²) in [4.78, 5) is 48.3. The number of unbranched alkanes of at least 4 members (excludes halogenated alkanes) is 1. The molecule has 0 saturated carbocycles. The molecular weight excluding hydrogens is 717 g/mol. The van der Waals surface area contributed by atoms with E-state index < -0.39 is 24.0 Å². The molecule has 0 heterocycles. The Kier molecular flexibility index (Phi) is 17.8. The highest BCUT2D eigenvalue weighted by molar-refractivity contribution is 5.90. The number of hydrogen-bond donors (Lipinski definition) is 8. The van der Waals surface area contributed by atoms with Crippen molar-refractivity contribution in [1.29, 1.82) is 0 Å². The van der Waals surface area contributed by atoms with Crippen LogP contribution in [0, 0.1) is 0 Å². The Morgan fingerprint density at radius 2 is 1.16 bits per heavy atom. The number of carbonyl (C=O) groups is 3. The molecule has 3 amide bonds. The van der Waals surface area contributed by atoms with E-state index in [1.54, 1.807) is 12.2 Å². The minimum absolute atomic E-state index is 0.0152. The predicted molar refractivity (Wildman–Crippen MR) is 230 cm³/mol. The molecule has 4 aromatic carbocycles. The van der Waals surface area contributed by atoms with Crippen LogP contribution >= 0.6 is 0 Å². The molecule has 0 aromatic heterocycles. The minimum atomic E-state index is -0.988. The van der Waals surface area contributed by atoms with Crippen LogP contribution in [0.4, 0.5) is 0 Å². The number of rotatable bonds is 22. The first-order valence-corrected chi connectivity index (χ1v) is 19.3. The lowest BCUT2D eigenvalue weighted by atomic mass is 10.00. The molecule has 13 heteroatoms. The molecule has 0 radical (unpaired) electrons. The number of hydrogen-bond acceptors (Lipinski definition) is 6. The van der Waals surface area contributed by atoms with Crippen molar-refractivity contribution in [2.24, 2.45) is 38.7 Å². The molecule has 13 N–H and O–H groups in total. The van der Waals surface area contributed by atoms with E-state index in [9.17, 15) is 14.4 Å². The summed E-state index contributed by atoms with van der Waals surface area (Å²) in [5.74, 6) is -1.20. The third kappa shape index (κ3) is 16.0. The van der Waals surface area contributed by atoms with Crippen molar-refractivity contribution in [3.63, 3.8) is 0 Å². The number of aryl methyl sites for hydroxylation is 1. The second kappa shape index (κ2) is 23.4. The minimum Gasteiger partial charge on any atom is -0.370 e. The van der Waals surface area contributed by atoms with E-state index in [0.717, 1.165) is 33.4 Å². The highest BCUT2D eigenvalue weighted by Gasteiger charge is 2.23. The average molecular weight is 773 g/mol. The summed E-state index contributed by atoms with van der Waals surface area (Å²) >= 11 is 0. The Balaban J connectivity index is 1.39. The Morgan fingerprint density at radius 3 is 1.74 bits per heavy atom. The number of amides is 3. The van der Waals surface area contributed by atoms with Gasteiger partial charge < -0.3 is 44.6 Å². The van der Waals surface area contributed by atoms with Crippen LogP contribution < -0.4 is 44.6 Å². The van der Waals surface area contributed by atoms with Gasteiger partial charge in [-0.25, -0.2) is 0 Å². The molecule has 57 heavy (non-hydrogen) atoms. The number of aliphatic imine (C=N–C) groups is 2. The third-order valence-electron chi connectivity index (χ3n) is 9.20. The second-order valence-electron chi connectivity index (χ2n) is 13.8. The molecule has 4 aromatic rings. The van der Waals surface area contributed by atoms with Crippen molar-refractivity contribution < 1.29 is 14.4 Å². The fraction of sp³-hybridized carbons (Fsp3) is 0.295. The number of nitrogens with one attached hydrogen (secondary N) is 3. The van der Waals surface area contributed by atoms with Crippen LogP contribution in [0.25, 0.3) is 28.3 Å². The molecule has 0 spiro atoms. The molecule has 0 saturated heterocycles. The number of guanidine groups is 2. The fourth-order valence-electron chi connectivity index (χ4n) is 6.08. The van der Waals surface area contributed by atoms with Gasteiger partial charge >= 0.3 is 0 Å². The largest absolute Gasteiger partial charge is 0.370 e. The lowest BCUT2D eigenvalue weighted by molar-refractivity contribution is -0.128. The first kappa shape index (κ1) is 43.3. The van der Waals surface area contributed by atoms with Gasteiger partial charge in [0.2, 0.25) is 17.7 Å². The average Bonchev–Trinajstić information content (AvgIpc) is 3.22. The van der Waals surface area contributed by atoms with Crippen molar-refractivity contribution in [3.05, 3.63) is 126 Å². The molecule has 4 rings (SSSR count). The van der Waals surface area contributed by atoms with E-state index in [2.05, 4.69) is 50.2 Å². The standard InChI is InChI=1S/C44H56N10O3/c45-38(25-19-31-15-21-35(22-16-31)33-10-3-1-4-11-33)41(56)53-37(14-9-29-52-44(48)49)30-40(55)54-39(42(57)50-27-7-8-28-51-43(46)47)26-20-32-17-23-36(24-18-32)34-12-5-2-6-13-34/h1-6,10-13,15-18,20-24,26,37-39H,7-9,14,19,25,27-30,45H2,(H,50,57)(H,53,56)(H,54,55)(H4,46,47,51)(H4,48,49,52). The molecular formula is C44H56N10O3. The van der Waals surface area contributed by atoms with Crippen LogP contribution in [-0.2, 0) is 20.8 Å². The van der Waals surface area contributed by atoms with E-state index in [4.69, 9.17) is 28.7 Å². The maximum Gasteiger partial charge on any atom is 0.246 e. The number of benzene rings is 4. The van der Waals surface area contributed by atoms with Crippen molar-refractivity contribution in [3.8, 4) is 22.3 Å². The summed E-state index contributed by atoms with van der Waals surface area (Å²) in [5.41, 5.74) is 34.5. The number of nitrogens with zero attached hydrogens (tertiary/aromatic N) is 2. The Labute approximate surface area is 335 Å². The van der Waals surface area contributed by atoms with Crippen molar-refractivity contribution >= 4 is 35.7 Å². The van der Waals surface area contributed by atoms with Gasteiger partial charge in [0, 0.05) is 32.1 Å². The first-order chi connectivity index (χ1) is 27.6. The Bertz CT molecular complexity index is 1920. The van der Waals surface area contributed by atoms with Gasteiger partial charge in [0.05, 0.1) is 6.04 Å². The van der Waals surface area contributed by atoms with Crippen LogP contribution in [0.1, 0.15) is 49.7 Å². The molecule has 0 aliphatic heterocycles. The number of carbonyl (C=O) groups excluding carboxylic acids is 3. The highest BCUT2D eigenvalue weighted by atomic mass is 16.2. The van der Waals surface area contributed by atoms with Crippen LogP contribution in [0.15, 0.2) is 125 Å². The summed E-state index contributed by atoms with van der Waals surface area (Å²) < 4.78 is 0. The van der Waals surface area contributed by atoms with Crippen molar-refractivity contribution in [2.45, 2.75) is 63.1 Å². The summed E-state index contributed by atoms with van der Waals surface area (Å²) in [6.07, 6.45) is 6.57. The SMILES string of the molecule is NC(N)=NCCCCNC(=O)C(C=Cc1ccc(-c2ccccc2)cc1)NC(=O)CC(CCCN=C(N)N)NC(=O)C(N)CCc1ccc(-c2ccccc2)cc1. The Morgan fingerprint density at radius 1 is 0.614 bits per heavy atom. The lowest BCUT2D eigenvalue weighted by Crippen LogP contribution is -2.49. The van der Waals surface area contributed by atoms with Crippen LogP contribution in [0.3, 0.4) is 0 Å². The maximum atomic E-state index is 13.6. The summed E-state index contributed by atoms with van der Waals surface area (Å²) in [6.45, 7) is 1.13. The van der Waals surface area contributed by atoms with Crippen LogP contribution in [0.2, 0.25) is 0 Å². The zero-order chi connectivity index (χ0) is 40.8. The van der Waals surface area contributed by atoms with E-state index >= 15 is 0 Å². The smallest absolute Gasteiger partial charge is 0.246 e. The summed E-state index contributed by atoms with van der Waals surface area (Å²) in [5, 5.41) is 8.71. The predicted octanol–water partition coefficient (Wildman–Crippen LogP) is 3.58. The molecule has 0 fully saturated rings. The van der Waals surface area contributed by atoms with Crippen LogP contribution in [-0.4, -0.2) is 67.4 Å². The molecule has 300 valence electrons. The monoisotopic (exact) mass is 772 g/mol. The molecule has 13 nitrogen and oxygen atoms in total. The quantitative estimate of drug-likeness (QED) is 0.0333. The van der Waals surface area contributed by atoms with Gasteiger partial charge in [0.15, 0.2) is 11.9 Å². The van der Waals surface area contributed by atoms with E-state index in [-0.39, 0.29) is 30.2 Å². The van der Waals surface area contributed by atoms with E-state index in [1.807, 2.05) is 84.9 Å². The highest BCUT2D eigenvalue weighted by Crippen LogP contribution is 2.21.